The molecule has 1 aliphatic rings. The van der Waals surface area contributed by atoms with Crippen LogP contribution in [0.2, 0.25) is 0 Å². The summed E-state index contributed by atoms with van der Waals surface area (Å²) in [5.41, 5.74) is 3.53. The van der Waals surface area contributed by atoms with E-state index < -0.39 is 17.7 Å². The van der Waals surface area contributed by atoms with E-state index in [9.17, 15) is 14.7 Å². The Balaban J connectivity index is 2.06. The second kappa shape index (κ2) is 10.7. The van der Waals surface area contributed by atoms with Crippen molar-refractivity contribution in [2.75, 3.05) is 13.2 Å². The van der Waals surface area contributed by atoms with Gasteiger partial charge in [-0.05, 0) is 60.6 Å². The average molecular weight is 450 g/mol. The number of nitrogens with zero attached hydrogens (tertiary/aromatic N) is 1. The number of ketones is 1. The molecule has 0 spiro atoms. The molecule has 2 aromatic carbocycles. The van der Waals surface area contributed by atoms with Gasteiger partial charge in [-0.25, -0.2) is 0 Å². The molecule has 0 radical (unpaired) electrons. The number of hydrogen-bond acceptors (Lipinski definition) is 4. The first-order valence-electron chi connectivity index (χ1n) is 11.9. The van der Waals surface area contributed by atoms with E-state index in [1.807, 2.05) is 50.2 Å². The lowest BCUT2D eigenvalue weighted by Gasteiger charge is -2.25. The fraction of sp³-hybridized carbons (Fsp3) is 0.429. The molecule has 0 aliphatic carbocycles. The van der Waals surface area contributed by atoms with Crippen molar-refractivity contribution >= 4 is 17.4 Å². The minimum Gasteiger partial charge on any atom is -0.507 e. The summed E-state index contributed by atoms with van der Waals surface area (Å²) in [7, 11) is 0. The van der Waals surface area contributed by atoms with Crippen LogP contribution in [-0.2, 0) is 16.0 Å². The predicted molar refractivity (Wildman–Crippen MR) is 131 cm³/mol. The Morgan fingerprint density at radius 3 is 2.36 bits per heavy atom. The number of benzene rings is 2. The topological polar surface area (TPSA) is 66.8 Å². The van der Waals surface area contributed by atoms with E-state index in [2.05, 4.69) is 20.8 Å². The zero-order valence-electron chi connectivity index (χ0n) is 20.4. The number of Topliss-reactive ketones (excluding diaryl/α,β-unsaturated/α-hetero) is 1. The van der Waals surface area contributed by atoms with Crippen molar-refractivity contribution in [3.63, 3.8) is 0 Å². The number of hydrogen-bond donors (Lipinski definition) is 1. The first kappa shape index (κ1) is 24.6. The minimum atomic E-state index is -0.633. The fourth-order valence-corrected chi connectivity index (χ4v) is 4.09. The number of likely N-dealkylation sites (tertiary alicyclic amines) is 1. The molecule has 0 aromatic heterocycles. The molecule has 1 N–H and O–H groups in total. The van der Waals surface area contributed by atoms with Crippen LogP contribution in [0.5, 0.6) is 5.75 Å². The molecule has 1 heterocycles. The SMILES string of the molecule is CCCCN1C(=O)C(=O)/C(=C(\O)c2ccc(OCC(C)C)c(C)c2)C1c1ccc(CC)cc1. The van der Waals surface area contributed by atoms with Gasteiger partial charge in [-0.3, -0.25) is 9.59 Å². The third kappa shape index (κ3) is 5.29. The number of carbonyl (C=O) groups excluding carboxylic acids is 2. The Labute approximate surface area is 197 Å². The maximum Gasteiger partial charge on any atom is 0.295 e. The lowest BCUT2D eigenvalue weighted by molar-refractivity contribution is -0.139. The van der Waals surface area contributed by atoms with Crippen LogP contribution in [0.1, 0.15) is 68.8 Å². The van der Waals surface area contributed by atoms with Gasteiger partial charge in [0.25, 0.3) is 11.7 Å². The summed E-state index contributed by atoms with van der Waals surface area (Å²) in [6.07, 6.45) is 2.60. The summed E-state index contributed by atoms with van der Waals surface area (Å²) in [6.45, 7) is 11.3. The number of aliphatic hydroxyl groups excluding tert-OH is 1. The molecule has 1 unspecified atom stereocenters. The monoisotopic (exact) mass is 449 g/mol. The molecule has 1 amide bonds. The van der Waals surface area contributed by atoms with Gasteiger partial charge in [-0.1, -0.05) is 58.4 Å². The van der Waals surface area contributed by atoms with Crippen LogP contribution in [0.15, 0.2) is 48.0 Å². The number of unbranched alkanes of at least 4 members (excludes halogenated alkanes) is 1. The number of aryl methyl sites for hydroxylation is 2. The Kier molecular flexibility index (Phi) is 7.96. The summed E-state index contributed by atoms with van der Waals surface area (Å²) in [5, 5.41) is 11.3. The van der Waals surface area contributed by atoms with Gasteiger partial charge in [-0.15, -0.1) is 0 Å². The molecule has 1 aliphatic heterocycles. The molecule has 0 bridgehead atoms. The molecular formula is C28H35NO4. The normalized spacial score (nSPS) is 17.8. The minimum absolute atomic E-state index is 0.143. The van der Waals surface area contributed by atoms with Crippen molar-refractivity contribution in [1.82, 2.24) is 4.90 Å². The average Bonchev–Trinajstić information content (AvgIpc) is 3.06. The highest BCUT2D eigenvalue weighted by atomic mass is 16.5. The smallest absolute Gasteiger partial charge is 0.295 e. The van der Waals surface area contributed by atoms with Gasteiger partial charge in [0.15, 0.2) is 0 Å². The Bertz CT molecular complexity index is 1040. The van der Waals surface area contributed by atoms with E-state index in [4.69, 9.17) is 4.74 Å². The van der Waals surface area contributed by atoms with Crippen molar-refractivity contribution < 1.29 is 19.4 Å². The second-order valence-electron chi connectivity index (χ2n) is 9.13. The predicted octanol–water partition coefficient (Wildman–Crippen LogP) is 5.81. The zero-order valence-corrected chi connectivity index (χ0v) is 20.4. The van der Waals surface area contributed by atoms with Gasteiger partial charge in [0.2, 0.25) is 0 Å². The van der Waals surface area contributed by atoms with Crippen LogP contribution < -0.4 is 4.74 Å². The number of ether oxygens (including phenoxy) is 1. The zero-order chi connectivity index (χ0) is 24.1. The summed E-state index contributed by atoms with van der Waals surface area (Å²) in [5.74, 6) is -0.185. The van der Waals surface area contributed by atoms with E-state index in [0.717, 1.165) is 36.1 Å². The molecule has 5 heteroatoms. The van der Waals surface area contributed by atoms with Crippen molar-refractivity contribution in [3.05, 3.63) is 70.3 Å². The van der Waals surface area contributed by atoms with Gasteiger partial charge >= 0.3 is 0 Å². The highest BCUT2D eigenvalue weighted by Crippen LogP contribution is 2.40. The third-order valence-corrected chi connectivity index (χ3v) is 6.02. The highest BCUT2D eigenvalue weighted by molar-refractivity contribution is 6.46. The van der Waals surface area contributed by atoms with Crippen molar-refractivity contribution in [3.8, 4) is 5.75 Å². The maximum absolute atomic E-state index is 13.1. The lowest BCUT2D eigenvalue weighted by atomic mass is 9.94. The first-order valence-corrected chi connectivity index (χ1v) is 11.9. The van der Waals surface area contributed by atoms with E-state index in [0.29, 0.717) is 24.6 Å². The quantitative estimate of drug-likeness (QED) is 0.298. The number of amides is 1. The van der Waals surface area contributed by atoms with Gasteiger partial charge < -0.3 is 14.7 Å². The summed E-state index contributed by atoms with van der Waals surface area (Å²) >= 11 is 0. The lowest BCUT2D eigenvalue weighted by Crippen LogP contribution is -2.30. The highest BCUT2D eigenvalue weighted by Gasteiger charge is 2.45. The first-order chi connectivity index (χ1) is 15.8. The van der Waals surface area contributed by atoms with Crippen LogP contribution in [0.4, 0.5) is 0 Å². The summed E-state index contributed by atoms with van der Waals surface area (Å²) < 4.78 is 5.84. The molecule has 0 saturated carbocycles. The van der Waals surface area contributed by atoms with Crippen molar-refractivity contribution in [1.29, 1.82) is 0 Å². The molecule has 176 valence electrons. The maximum atomic E-state index is 13.1. The molecule has 2 aromatic rings. The summed E-state index contributed by atoms with van der Waals surface area (Å²) in [4.78, 5) is 27.6. The largest absolute Gasteiger partial charge is 0.507 e. The molecule has 1 atom stereocenters. The fourth-order valence-electron chi connectivity index (χ4n) is 4.09. The van der Waals surface area contributed by atoms with Crippen molar-refractivity contribution in [2.24, 2.45) is 5.92 Å². The Hall–Kier alpha value is -3.08. The van der Waals surface area contributed by atoms with Crippen LogP contribution in [0.3, 0.4) is 0 Å². The van der Waals surface area contributed by atoms with E-state index >= 15 is 0 Å². The number of rotatable bonds is 9. The molecule has 1 fully saturated rings. The van der Waals surface area contributed by atoms with E-state index in [-0.39, 0.29) is 11.3 Å². The van der Waals surface area contributed by atoms with E-state index in [1.165, 1.54) is 5.56 Å². The second-order valence-corrected chi connectivity index (χ2v) is 9.13. The van der Waals surface area contributed by atoms with Gasteiger partial charge in [0.1, 0.15) is 11.5 Å². The third-order valence-electron chi connectivity index (χ3n) is 6.02. The van der Waals surface area contributed by atoms with Crippen LogP contribution in [0, 0.1) is 12.8 Å². The number of carbonyl (C=O) groups is 2. The standard InChI is InChI=1S/C28H35NO4/c1-6-8-15-29-25(21-11-9-20(7-2)10-12-21)24(27(31)28(29)32)26(30)22-13-14-23(19(5)16-22)33-17-18(3)4/h9-14,16,18,25,30H,6-8,15,17H2,1-5H3/b26-24-. The molecule has 3 rings (SSSR count). The molecule has 33 heavy (non-hydrogen) atoms. The van der Waals surface area contributed by atoms with Gasteiger partial charge in [0.05, 0.1) is 18.2 Å². The molecular weight excluding hydrogens is 414 g/mol. The Morgan fingerprint density at radius 1 is 1.09 bits per heavy atom. The molecule has 1 saturated heterocycles. The molecule has 5 nitrogen and oxygen atoms in total. The van der Waals surface area contributed by atoms with Crippen molar-refractivity contribution in [2.45, 2.75) is 59.9 Å². The van der Waals surface area contributed by atoms with E-state index in [1.54, 1.807) is 11.0 Å². The number of aliphatic hydroxyl groups is 1. The van der Waals surface area contributed by atoms with Gasteiger partial charge in [-0.2, -0.15) is 0 Å². The van der Waals surface area contributed by atoms with Gasteiger partial charge in [0, 0.05) is 12.1 Å². The Morgan fingerprint density at radius 2 is 1.79 bits per heavy atom. The van der Waals surface area contributed by atoms with Crippen LogP contribution in [-0.4, -0.2) is 34.8 Å². The van der Waals surface area contributed by atoms with Crippen LogP contribution >= 0.6 is 0 Å². The van der Waals surface area contributed by atoms with Crippen LogP contribution in [0.25, 0.3) is 5.76 Å². The summed E-state index contributed by atoms with van der Waals surface area (Å²) in [6, 6.07) is 12.7.